The molecule has 0 radical (unpaired) electrons. The molecule has 4 aliphatic rings. The number of amides is 2. The second-order valence-corrected chi connectivity index (χ2v) is 12.3. The number of rotatable bonds is 5. The maximum Gasteiger partial charge on any atom is 0.233 e. The minimum absolute atomic E-state index is 0.194. The first-order valence-electron chi connectivity index (χ1n) is 15.2. The zero-order valence-corrected chi connectivity index (χ0v) is 24.3. The highest BCUT2D eigenvalue weighted by atomic mass is 19.1. The number of Topliss-reactive ketones (excluding diaryl/α,β-unsaturated/α-hetero) is 1. The van der Waals surface area contributed by atoms with Gasteiger partial charge in [0.2, 0.25) is 11.8 Å². The molecule has 2 fully saturated rings. The fraction of sp³-hybridized carbons (Fsp3) is 0.297. The summed E-state index contributed by atoms with van der Waals surface area (Å²) in [6.07, 6.45) is 4.55. The molecule has 2 amide bonds. The van der Waals surface area contributed by atoms with Gasteiger partial charge in [-0.1, -0.05) is 85.3 Å². The number of benzene rings is 3. The van der Waals surface area contributed by atoms with E-state index in [0.29, 0.717) is 41.6 Å². The lowest BCUT2D eigenvalue weighted by Crippen LogP contribution is -2.58. The molecule has 44 heavy (non-hydrogen) atoms. The van der Waals surface area contributed by atoms with Crippen molar-refractivity contribution in [1.29, 1.82) is 0 Å². The van der Waals surface area contributed by atoms with Crippen molar-refractivity contribution < 1.29 is 28.7 Å². The van der Waals surface area contributed by atoms with Crippen LogP contribution in [0.25, 0.3) is 5.57 Å². The summed E-state index contributed by atoms with van der Waals surface area (Å²) in [6.45, 7) is 2.25. The number of imide groups is 1. The van der Waals surface area contributed by atoms with Gasteiger partial charge in [-0.2, -0.15) is 0 Å². The van der Waals surface area contributed by atoms with Crippen molar-refractivity contribution in [1.82, 2.24) is 4.90 Å². The van der Waals surface area contributed by atoms with Crippen LogP contribution in [-0.4, -0.2) is 39.9 Å². The molecule has 1 saturated carbocycles. The third-order valence-corrected chi connectivity index (χ3v) is 10.2. The van der Waals surface area contributed by atoms with E-state index in [9.17, 15) is 24.3 Å². The minimum atomic E-state index is -1.43. The standard InChI is InChI=1S/C37H32FNO5/c1-2-17-39-35(43)25-15-14-24-27(32(25)36(39)44)19-28-34(42)26(21-9-5-3-6-10-21)20-31(41)37(28,23-11-7-4-8-12-23)33(24)22-13-16-30(40)29(38)18-22/h3-14,16,18,20,25,27-28,32-33,40H,2,15,17,19H2,1H3/t25-,27+,28-,32-,33-,37-/m0/s1. The molecular formula is C37H32FNO5. The molecule has 0 aromatic heterocycles. The molecule has 7 rings (SSSR count). The summed E-state index contributed by atoms with van der Waals surface area (Å²) in [5.74, 6) is -5.68. The Balaban J connectivity index is 1.50. The quantitative estimate of drug-likeness (QED) is 0.302. The Hall–Kier alpha value is -4.65. The van der Waals surface area contributed by atoms with Gasteiger partial charge >= 0.3 is 0 Å². The van der Waals surface area contributed by atoms with Crippen LogP contribution in [0.3, 0.4) is 0 Å². The van der Waals surface area contributed by atoms with Crippen LogP contribution in [0, 0.1) is 29.5 Å². The largest absolute Gasteiger partial charge is 0.505 e. The van der Waals surface area contributed by atoms with Gasteiger partial charge in [0.15, 0.2) is 23.1 Å². The summed E-state index contributed by atoms with van der Waals surface area (Å²) >= 11 is 0. The van der Waals surface area contributed by atoms with E-state index in [1.54, 1.807) is 18.2 Å². The van der Waals surface area contributed by atoms with Crippen molar-refractivity contribution in [2.24, 2.45) is 23.7 Å². The van der Waals surface area contributed by atoms with E-state index in [2.05, 4.69) is 0 Å². The van der Waals surface area contributed by atoms with Gasteiger partial charge in [-0.3, -0.25) is 24.1 Å². The fourth-order valence-corrected chi connectivity index (χ4v) is 8.46. The molecule has 1 aliphatic heterocycles. The van der Waals surface area contributed by atoms with Gasteiger partial charge in [-0.05, 0) is 60.1 Å². The number of phenolic OH excluding ortho intramolecular Hbond substituents is 1. The van der Waals surface area contributed by atoms with Crippen molar-refractivity contribution in [3.63, 3.8) is 0 Å². The van der Waals surface area contributed by atoms with Crippen molar-refractivity contribution in [2.45, 2.75) is 37.5 Å². The second kappa shape index (κ2) is 10.5. The molecule has 0 unspecified atom stereocenters. The van der Waals surface area contributed by atoms with Crippen LogP contribution in [0.4, 0.5) is 4.39 Å². The first-order chi connectivity index (χ1) is 21.3. The molecule has 1 heterocycles. The van der Waals surface area contributed by atoms with Crippen molar-refractivity contribution in [2.75, 3.05) is 6.54 Å². The first kappa shape index (κ1) is 28.1. The van der Waals surface area contributed by atoms with Crippen LogP contribution in [-0.2, 0) is 24.6 Å². The predicted molar refractivity (Wildman–Crippen MR) is 162 cm³/mol. The number of fused-ring (bicyclic) bond motifs is 4. The molecule has 6 nitrogen and oxygen atoms in total. The van der Waals surface area contributed by atoms with E-state index in [0.717, 1.165) is 5.57 Å². The number of phenols is 1. The number of allylic oxidation sites excluding steroid dienone is 4. The SMILES string of the molecule is CCCN1C(=O)[C@H]2[C@H](CC=C3[C@H]2C[C@H]2C(=O)C(c4ccccc4)=CC(=O)[C@@]2(c2ccccc2)[C@H]3c2ccc(O)c(F)c2)C1=O. The van der Waals surface area contributed by atoms with Gasteiger partial charge < -0.3 is 5.11 Å². The molecule has 3 aromatic carbocycles. The van der Waals surface area contributed by atoms with Crippen LogP contribution in [0.1, 0.15) is 48.8 Å². The lowest BCUT2D eigenvalue weighted by molar-refractivity contribution is -0.140. The Labute approximate surface area is 254 Å². The smallest absolute Gasteiger partial charge is 0.233 e. The minimum Gasteiger partial charge on any atom is -0.505 e. The fourth-order valence-electron chi connectivity index (χ4n) is 8.46. The van der Waals surface area contributed by atoms with Crippen LogP contribution >= 0.6 is 0 Å². The molecule has 0 bridgehead atoms. The number of likely N-dealkylation sites (tertiary alicyclic amines) is 1. The van der Waals surface area contributed by atoms with Gasteiger partial charge in [-0.25, -0.2) is 4.39 Å². The van der Waals surface area contributed by atoms with Gasteiger partial charge in [0.1, 0.15) is 0 Å². The summed E-state index contributed by atoms with van der Waals surface area (Å²) < 4.78 is 15.1. The van der Waals surface area contributed by atoms with E-state index < -0.39 is 46.6 Å². The number of carbonyl (C=O) groups is 4. The second-order valence-electron chi connectivity index (χ2n) is 12.3. The number of nitrogens with zero attached hydrogens (tertiary/aromatic N) is 1. The Morgan fingerprint density at radius 1 is 0.909 bits per heavy atom. The summed E-state index contributed by atoms with van der Waals surface area (Å²) in [7, 11) is 0. The molecule has 0 spiro atoms. The number of hydrogen-bond acceptors (Lipinski definition) is 5. The van der Waals surface area contributed by atoms with Gasteiger partial charge in [0.25, 0.3) is 0 Å². The number of hydrogen-bond donors (Lipinski definition) is 1. The number of carbonyl (C=O) groups excluding carboxylic acids is 4. The van der Waals surface area contributed by atoms with E-state index in [1.807, 2.05) is 61.5 Å². The Morgan fingerprint density at radius 3 is 2.30 bits per heavy atom. The van der Waals surface area contributed by atoms with Crippen LogP contribution < -0.4 is 0 Å². The summed E-state index contributed by atoms with van der Waals surface area (Å²) in [4.78, 5) is 58.3. The maximum absolute atomic E-state index is 15.1. The molecule has 7 heteroatoms. The highest BCUT2D eigenvalue weighted by molar-refractivity contribution is 6.31. The van der Waals surface area contributed by atoms with E-state index in [-0.39, 0.29) is 29.8 Å². The lowest BCUT2D eigenvalue weighted by Gasteiger charge is -2.55. The highest BCUT2D eigenvalue weighted by Gasteiger charge is 2.65. The van der Waals surface area contributed by atoms with Crippen LogP contribution in [0.2, 0.25) is 0 Å². The monoisotopic (exact) mass is 589 g/mol. The maximum atomic E-state index is 15.1. The predicted octanol–water partition coefficient (Wildman–Crippen LogP) is 5.77. The van der Waals surface area contributed by atoms with E-state index in [4.69, 9.17) is 0 Å². The third kappa shape index (κ3) is 3.91. The Morgan fingerprint density at radius 2 is 1.61 bits per heavy atom. The molecule has 1 saturated heterocycles. The Bertz CT molecular complexity index is 1760. The average Bonchev–Trinajstić information content (AvgIpc) is 3.29. The molecular weight excluding hydrogens is 557 g/mol. The number of ketones is 2. The van der Waals surface area contributed by atoms with Crippen LogP contribution in [0.15, 0.2) is 96.6 Å². The summed E-state index contributed by atoms with van der Waals surface area (Å²) in [5.41, 5.74) is 1.35. The van der Waals surface area contributed by atoms with Gasteiger partial charge in [0.05, 0.1) is 17.3 Å². The average molecular weight is 590 g/mol. The topological polar surface area (TPSA) is 91.8 Å². The zero-order valence-electron chi connectivity index (χ0n) is 24.3. The van der Waals surface area contributed by atoms with Crippen LogP contribution in [0.5, 0.6) is 5.75 Å². The zero-order chi connectivity index (χ0) is 30.7. The van der Waals surface area contributed by atoms with Crippen molar-refractivity contribution in [3.05, 3.63) is 119 Å². The highest BCUT2D eigenvalue weighted by Crippen LogP contribution is 2.63. The number of aromatic hydroxyl groups is 1. The summed E-state index contributed by atoms with van der Waals surface area (Å²) in [5, 5.41) is 10.1. The molecule has 3 aliphatic carbocycles. The Kier molecular flexibility index (Phi) is 6.72. The van der Waals surface area contributed by atoms with E-state index >= 15 is 4.39 Å². The normalized spacial score (nSPS) is 29.5. The molecule has 3 aromatic rings. The third-order valence-electron chi connectivity index (χ3n) is 10.2. The summed E-state index contributed by atoms with van der Waals surface area (Å²) in [6, 6.07) is 22.3. The van der Waals surface area contributed by atoms with Crippen molar-refractivity contribution >= 4 is 29.0 Å². The lowest BCUT2D eigenvalue weighted by atomic mass is 9.44. The molecule has 6 atom stereocenters. The first-order valence-corrected chi connectivity index (χ1v) is 15.2. The van der Waals surface area contributed by atoms with E-state index in [1.165, 1.54) is 23.1 Å². The van der Waals surface area contributed by atoms with Gasteiger partial charge in [0, 0.05) is 24.0 Å². The number of halogens is 1. The van der Waals surface area contributed by atoms with Gasteiger partial charge in [-0.15, -0.1) is 0 Å². The molecule has 1 N–H and O–H groups in total. The molecule has 222 valence electrons. The van der Waals surface area contributed by atoms with Crippen molar-refractivity contribution in [3.8, 4) is 5.75 Å².